The Balaban J connectivity index is 2.05. The Morgan fingerprint density at radius 3 is 2.88 bits per heavy atom. The van der Waals surface area contributed by atoms with E-state index >= 15 is 0 Å². The van der Waals surface area contributed by atoms with Crippen LogP contribution in [0.1, 0.15) is 44.3 Å². The zero-order valence-electron chi connectivity index (χ0n) is 9.77. The smallest absolute Gasteiger partial charge is 0.326 e. The van der Waals surface area contributed by atoms with Gasteiger partial charge in [-0.05, 0) is 19.8 Å². The van der Waals surface area contributed by atoms with Crippen LogP contribution in [0.25, 0.3) is 0 Å². The highest BCUT2D eigenvalue weighted by Crippen LogP contribution is 2.33. The monoisotopic (exact) mass is 255 g/mol. The molecule has 1 aromatic heterocycles. The SMILES string of the molecule is CC1(Nc2nc(C(N)C(=O)O)cs2)CCCC1. The molecule has 1 heterocycles. The molecule has 1 atom stereocenters. The minimum Gasteiger partial charge on any atom is -0.480 e. The molecule has 1 saturated carbocycles. The molecule has 6 heteroatoms. The highest BCUT2D eigenvalue weighted by molar-refractivity contribution is 7.13. The van der Waals surface area contributed by atoms with Crippen LogP contribution in [0.15, 0.2) is 5.38 Å². The maximum Gasteiger partial charge on any atom is 0.326 e. The molecule has 1 unspecified atom stereocenters. The predicted octanol–water partition coefficient (Wildman–Crippen LogP) is 1.97. The van der Waals surface area contributed by atoms with E-state index in [0.717, 1.165) is 18.0 Å². The summed E-state index contributed by atoms with van der Waals surface area (Å²) in [6, 6.07) is -1.03. The average Bonchev–Trinajstić information content (AvgIpc) is 2.87. The van der Waals surface area contributed by atoms with Crippen molar-refractivity contribution in [3.05, 3.63) is 11.1 Å². The minimum atomic E-state index is -1.05. The maximum atomic E-state index is 10.7. The number of hydrogen-bond acceptors (Lipinski definition) is 5. The van der Waals surface area contributed by atoms with Gasteiger partial charge in [0.1, 0.15) is 6.04 Å². The first kappa shape index (κ1) is 12.3. The molecule has 0 aromatic carbocycles. The van der Waals surface area contributed by atoms with Crippen molar-refractivity contribution in [2.45, 2.75) is 44.2 Å². The van der Waals surface area contributed by atoms with Crippen molar-refractivity contribution < 1.29 is 9.90 Å². The normalized spacial score (nSPS) is 20.1. The van der Waals surface area contributed by atoms with E-state index in [9.17, 15) is 4.79 Å². The molecule has 0 spiro atoms. The lowest BCUT2D eigenvalue weighted by molar-refractivity contribution is -0.138. The van der Waals surface area contributed by atoms with Crippen molar-refractivity contribution in [3.8, 4) is 0 Å². The second-order valence-corrected chi connectivity index (χ2v) is 5.64. The first-order chi connectivity index (χ1) is 8.00. The number of carbonyl (C=O) groups is 1. The number of carboxylic acids is 1. The van der Waals surface area contributed by atoms with E-state index in [4.69, 9.17) is 10.8 Å². The standard InChI is InChI=1S/C11H17N3O2S/c1-11(4-2-3-5-11)14-10-13-7(6-17-10)8(12)9(15)16/h6,8H,2-5,12H2,1H3,(H,13,14)(H,15,16). The van der Waals surface area contributed by atoms with Gasteiger partial charge in [0.2, 0.25) is 0 Å². The highest BCUT2D eigenvalue weighted by Gasteiger charge is 2.29. The number of hydrogen-bond donors (Lipinski definition) is 3. The summed E-state index contributed by atoms with van der Waals surface area (Å²) in [6.45, 7) is 2.18. The number of carboxylic acid groups (broad SMARTS) is 1. The van der Waals surface area contributed by atoms with Crippen LogP contribution in [-0.2, 0) is 4.79 Å². The molecule has 0 bridgehead atoms. The second kappa shape index (κ2) is 4.62. The fourth-order valence-corrected chi connectivity index (χ4v) is 3.05. The summed E-state index contributed by atoms with van der Waals surface area (Å²) in [5, 5.41) is 14.7. The van der Waals surface area contributed by atoms with E-state index in [2.05, 4.69) is 17.2 Å². The molecule has 1 aliphatic carbocycles. The van der Waals surface area contributed by atoms with E-state index in [-0.39, 0.29) is 5.54 Å². The molecule has 4 N–H and O–H groups in total. The number of aliphatic carboxylic acids is 1. The molecular weight excluding hydrogens is 238 g/mol. The molecule has 1 aromatic rings. The van der Waals surface area contributed by atoms with Crippen LogP contribution in [0.5, 0.6) is 0 Å². The summed E-state index contributed by atoms with van der Waals surface area (Å²) < 4.78 is 0. The van der Waals surface area contributed by atoms with Crippen molar-refractivity contribution in [1.29, 1.82) is 0 Å². The molecule has 5 nitrogen and oxygen atoms in total. The third kappa shape index (κ3) is 2.76. The Labute approximate surface area is 104 Å². The van der Waals surface area contributed by atoms with Crippen LogP contribution in [0.3, 0.4) is 0 Å². The largest absolute Gasteiger partial charge is 0.480 e. The zero-order valence-corrected chi connectivity index (χ0v) is 10.6. The van der Waals surface area contributed by atoms with Crippen molar-refractivity contribution in [2.24, 2.45) is 5.73 Å². The van der Waals surface area contributed by atoms with Crippen LogP contribution in [0, 0.1) is 0 Å². The van der Waals surface area contributed by atoms with Crippen molar-refractivity contribution in [1.82, 2.24) is 4.98 Å². The van der Waals surface area contributed by atoms with Gasteiger partial charge < -0.3 is 16.2 Å². The van der Waals surface area contributed by atoms with Crippen LogP contribution in [-0.4, -0.2) is 21.6 Å². The first-order valence-corrected chi connectivity index (χ1v) is 6.60. The quantitative estimate of drug-likeness (QED) is 0.765. The number of nitrogens with one attached hydrogen (secondary N) is 1. The lowest BCUT2D eigenvalue weighted by atomic mass is 10.0. The molecule has 94 valence electrons. The molecule has 2 rings (SSSR count). The van der Waals surface area contributed by atoms with Gasteiger partial charge in [0.05, 0.1) is 5.69 Å². The summed E-state index contributed by atoms with van der Waals surface area (Å²) in [4.78, 5) is 15.0. The third-order valence-electron chi connectivity index (χ3n) is 3.22. The van der Waals surface area contributed by atoms with Crippen molar-refractivity contribution >= 4 is 22.4 Å². The van der Waals surface area contributed by atoms with E-state index in [1.807, 2.05) is 0 Å². The van der Waals surface area contributed by atoms with Gasteiger partial charge in [-0.25, -0.2) is 4.98 Å². The Kier molecular flexibility index (Phi) is 3.35. The van der Waals surface area contributed by atoms with Crippen LogP contribution in [0.2, 0.25) is 0 Å². The number of thiazole rings is 1. The average molecular weight is 255 g/mol. The van der Waals surface area contributed by atoms with Crippen LogP contribution < -0.4 is 11.1 Å². The third-order valence-corrected chi connectivity index (χ3v) is 4.00. The Morgan fingerprint density at radius 1 is 1.65 bits per heavy atom. The molecule has 17 heavy (non-hydrogen) atoms. The van der Waals surface area contributed by atoms with Crippen molar-refractivity contribution in [2.75, 3.05) is 5.32 Å². The molecule has 0 amide bonds. The summed E-state index contributed by atoms with van der Waals surface area (Å²) in [7, 11) is 0. The summed E-state index contributed by atoms with van der Waals surface area (Å²) in [5.74, 6) is -1.05. The highest BCUT2D eigenvalue weighted by atomic mass is 32.1. The summed E-state index contributed by atoms with van der Waals surface area (Å²) in [6.07, 6.45) is 4.73. The van der Waals surface area contributed by atoms with E-state index < -0.39 is 12.0 Å². The second-order valence-electron chi connectivity index (χ2n) is 4.79. The fourth-order valence-electron chi connectivity index (χ4n) is 2.15. The van der Waals surface area contributed by atoms with Gasteiger partial charge in [-0.2, -0.15) is 0 Å². The van der Waals surface area contributed by atoms with E-state index in [0.29, 0.717) is 5.69 Å². The Bertz CT molecular complexity index is 413. The van der Waals surface area contributed by atoms with Gasteiger partial charge in [0.25, 0.3) is 0 Å². The van der Waals surface area contributed by atoms with Crippen LogP contribution in [0.4, 0.5) is 5.13 Å². The lowest BCUT2D eigenvalue weighted by Crippen LogP contribution is -2.30. The molecule has 0 radical (unpaired) electrons. The molecule has 1 fully saturated rings. The number of anilines is 1. The number of nitrogens with two attached hydrogens (primary N) is 1. The van der Waals surface area contributed by atoms with Gasteiger partial charge in [0.15, 0.2) is 5.13 Å². The Morgan fingerprint density at radius 2 is 2.29 bits per heavy atom. The lowest BCUT2D eigenvalue weighted by Gasteiger charge is -2.24. The van der Waals surface area contributed by atoms with Gasteiger partial charge >= 0.3 is 5.97 Å². The number of aromatic nitrogens is 1. The number of rotatable bonds is 4. The summed E-state index contributed by atoms with van der Waals surface area (Å²) >= 11 is 1.42. The van der Waals surface area contributed by atoms with Gasteiger partial charge in [0, 0.05) is 10.9 Å². The van der Waals surface area contributed by atoms with E-state index in [1.165, 1.54) is 24.2 Å². The minimum absolute atomic E-state index is 0.0996. The molecule has 0 aliphatic heterocycles. The Hall–Kier alpha value is -1.14. The number of nitrogens with zero attached hydrogens (tertiary/aromatic N) is 1. The molecular formula is C11H17N3O2S. The topological polar surface area (TPSA) is 88.2 Å². The summed E-state index contributed by atoms with van der Waals surface area (Å²) in [5.41, 5.74) is 6.03. The van der Waals surface area contributed by atoms with Gasteiger partial charge in [-0.15, -0.1) is 11.3 Å². The molecule has 1 aliphatic rings. The molecule has 0 saturated heterocycles. The van der Waals surface area contributed by atoms with Crippen molar-refractivity contribution in [3.63, 3.8) is 0 Å². The first-order valence-electron chi connectivity index (χ1n) is 5.72. The fraction of sp³-hybridized carbons (Fsp3) is 0.636. The van der Waals surface area contributed by atoms with Crippen LogP contribution >= 0.6 is 11.3 Å². The van der Waals surface area contributed by atoms with Gasteiger partial charge in [-0.1, -0.05) is 12.8 Å². The predicted molar refractivity (Wildman–Crippen MR) is 67.2 cm³/mol. The van der Waals surface area contributed by atoms with E-state index in [1.54, 1.807) is 5.38 Å². The van der Waals surface area contributed by atoms with Gasteiger partial charge in [-0.3, -0.25) is 4.79 Å². The zero-order chi connectivity index (χ0) is 12.5. The maximum absolute atomic E-state index is 10.7.